The van der Waals surface area contributed by atoms with Crippen molar-refractivity contribution < 1.29 is 0 Å². The first-order chi connectivity index (χ1) is 8.27. The highest BCUT2D eigenvalue weighted by atomic mass is 79.9. The molecular weight excluding hydrogens is 278 g/mol. The number of nitrogens with zero attached hydrogens (tertiary/aromatic N) is 3. The van der Waals surface area contributed by atoms with Crippen molar-refractivity contribution in [3.63, 3.8) is 0 Å². The van der Waals surface area contributed by atoms with E-state index in [0.717, 1.165) is 23.8 Å². The third-order valence-corrected chi connectivity index (χ3v) is 3.44. The summed E-state index contributed by atoms with van der Waals surface area (Å²) in [6.07, 6.45) is 1.06. The van der Waals surface area contributed by atoms with Crippen molar-refractivity contribution in [3.05, 3.63) is 42.0 Å². The van der Waals surface area contributed by atoms with Gasteiger partial charge in [0.1, 0.15) is 11.6 Å². The molecule has 1 unspecified atom stereocenters. The van der Waals surface area contributed by atoms with Crippen molar-refractivity contribution in [3.8, 4) is 5.69 Å². The Kier molecular flexibility index (Phi) is 3.94. The molecule has 0 fully saturated rings. The van der Waals surface area contributed by atoms with E-state index in [2.05, 4.69) is 56.7 Å². The van der Waals surface area contributed by atoms with Gasteiger partial charge in [-0.05, 0) is 18.6 Å². The van der Waals surface area contributed by atoms with Gasteiger partial charge in [-0.25, -0.2) is 0 Å². The van der Waals surface area contributed by atoms with Crippen molar-refractivity contribution in [1.29, 1.82) is 0 Å². The molecule has 1 heterocycles. The highest BCUT2D eigenvalue weighted by Gasteiger charge is 2.16. The van der Waals surface area contributed by atoms with Gasteiger partial charge in [0, 0.05) is 11.6 Å². The van der Waals surface area contributed by atoms with Gasteiger partial charge in [-0.3, -0.25) is 4.57 Å². The molecule has 0 amide bonds. The van der Waals surface area contributed by atoms with Gasteiger partial charge in [0.2, 0.25) is 0 Å². The second kappa shape index (κ2) is 5.45. The molecule has 0 saturated heterocycles. The van der Waals surface area contributed by atoms with Gasteiger partial charge in [-0.15, -0.1) is 10.2 Å². The van der Waals surface area contributed by atoms with E-state index in [0.29, 0.717) is 11.2 Å². The average Bonchev–Trinajstić information content (AvgIpc) is 2.82. The molecule has 0 spiro atoms. The third kappa shape index (κ3) is 2.41. The number of hydrogen-bond acceptors (Lipinski definition) is 2. The molecule has 0 bridgehead atoms. The smallest absolute Gasteiger partial charge is 0.148 e. The van der Waals surface area contributed by atoms with Gasteiger partial charge in [0.05, 0.1) is 5.33 Å². The maximum absolute atomic E-state index is 4.32. The fraction of sp³-hybridized carbons (Fsp3) is 0.385. The van der Waals surface area contributed by atoms with Crippen LogP contribution >= 0.6 is 15.9 Å². The summed E-state index contributed by atoms with van der Waals surface area (Å²) in [5.41, 5.74) is 1.13. The van der Waals surface area contributed by atoms with E-state index < -0.39 is 0 Å². The fourth-order valence-electron chi connectivity index (χ4n) is 1.78. The number of halogens is 1. The van der Waals surface area contributed by atoms with E-state index >= 15 is 0 Å². The summed E-state index contributed by atoms with van der Waals surface area (Å²) in [5.74, 6) is 2.40. The summed E-state index contributed by atoms with van der Waals surface area (Å²) >= 11 is 3.47. The van der Waals surface area contributed by atoms with Crippen molar-refractivity contribution in [2.75, 3.05) is 0 Å². The topological polar surface area (TPSA) is 30.7 Å². The van der Waals surface area contributed by atoms with Crippen LogP contribution < -0.4 is 0 Å². The standard InChI is InChI=1S/C13H16BrN3/c1-3-10(2)13-16-15-12(9-14)17(13)11-7-5-4-6-8-11/h4-8,10H,3,9H2,1-2H3. The lowest BCUT2D eigenvalue weighted by atomic mass is 10.1. The van der Waals surface area contributed by atoms with Gasteiger partial charge >= 0.3 is 0 Å². The molecule has 90 valence electrons. The summed E-state index contributed by atoms with van der Waals surface area (Å²) in [4.78, 5) is 0. The normalized spacial score (nSPS) is 12.6. The third-order valence-electron chi connectivity index (χ3n) is 2.94. The van der Waals surface area contributed by atoms with E-state index in [1.165, 1.54) is 0 Å². The predicted octanol–water partition coefficient (Wildman–Crippen LogP) is 3.68. The highest BCUT2D eigenvalue weighted by Crippen LogP contribution is 2.22. The zero-order valence-electron chi connectivity index (χ0n) is 10.1. The molecular formula is C13H16BrN3. The Balaban J connectivity index is 2.54. The molecule has 1 aromatic heterocycles. The molecule has 1 atom stereocenters. The SMILES string of the molecule is CCC(C)c1nnc(CBr)n1-c1ccccc1. The molecule has 2 rings (SSSR count). The van der Waals surface area contributed by atoms with Crippen molar-refractivity contribution in [2.45, 2.75) is 31.5 Å². The van der Waals surface area contributed by atoms with Crippen molar-refractivity contribution >= 4 is 15.9 Å². The van der Waals surface area contributed by atoms with Gasteiger partial charge < -0.3 is 0 Å². The molecule has 0 N–H and O–H groups in total. The van der Waals surface area contributed by atoms with Crippen LogP contribution in [0.5, 0.6) is 0 Å². The Morgan fingerprint density at radius 3 is 2.53 bits per heavy atom. The van der Waals surface area contributed by atoms with E-state index in [4.69, 9.17) is 0 Å². The summed E-state index contributed by atoms with van der Waals surface area (Å²) in [5, 5.41) is 9.28. The summed E-state index contributed by atoms with van der Waals surface area (Å²) in [6, 6.07) is 10.3. The zero-order valence-corrected chi connectivity index (χ0v) is 11.7. The molecule has 0 saturated carbocycles. The van der Waals surface area contributed by atoms with Crippen LogP contribution in [0.25, 0.3) is 5.69 Å². The lowest BCUT2D eigenvalue weighted by Gasteiger charge is -2.12. The number of benzene rings is 1. The molecule has 4 heteroatoms. The Labute approximate surface area is 110 Å². The van der Waals surface area contributed by atoms with Crippen LogP contribution in [0, 0.1) is 0 Å². The Morgan fingerprint density at radius 2 is 1.94 bits per heavy atom. The number of para-hydroxylation sites is 1. The van der Waals surface area contributed by atoms with Crippen LogP contribution in [0.15, 0.2) is 30.3 Å². The van der Waals surface area contributed by atoms with Crippen molar-refractivity contribution in [1.82, 2.24) is 14.8 Å². The van der Waals surface area contributed by atoms with Crippen LogP contribution in [0.3, 0.4) is 0 Å². The fourth-order valence-corrected chi connectivity index (χ4v) is 2.14. The van der Waals surface area contributed by atoms with E-state index in [-0.39, 0.29) is 0 Å². The Bertz CT molecular complexity index is 479. The second-order valence-electron chi connectivity index (χ2n) is 4.09. The van der Waals surface area contributed by atoms with Crippen LogP contribution in [0.1, 0.15) is 37.8 Å². The van der Waals surface area contributed by atoms with Crippen LogP contribution in [0.2, 0.25) is 0 Å². The van der Waals surface area contributed by atoms with E-state index in [1.807, 2.05) is 18.2 Å². The monoisotopic (exact) mass is 293 g/mol. The van der Waals surface area contributed by atoms with Crippen LogP contribution in [-0.2, 0) is 5.33 Å². The Morgan fingerprint density at radius 1 is 1.24 bits per heavy atom. The molecule has 1 aromatic carbocycles. The number of rotatable bonds is 4. The lowest BCUT2D eigenvalue weighted by Crippen LogP contribution is -2.07. The molecule has 0 aliphatic heterocycles. The summed E-state index contributed by atoms with van der Waals surface area (Å²) in [7, 11) is 0. The Hall–Kier alpha value is -1.16. The minimum Gasteiger partial charge on any atom is -0.282 e. The number of alkyl halides is 1. The first kappa shape index (κ1) is 12.3. The first-order valence-corrected chi connectivity index (χ1v) is 6.95. The molecule has 3 nitrogen and oxygen atoms in total. The summed E-state index contributed by atoms with van der Waals surface area (Å²) in [6.45, 7) is 4.35. The largest absolute Gasteiger partial charge is 0.282 e. The van der Waals surface area contributed by atoms with E-state index in [1.54, 1.807) is 0 Å². The van der Waals surface area contributed by atoms with Crippen molar-refractivity contribution in [2.24, 2.45) is 0 Å². The molecule has 17 heavy (non-hydrogen) atoms. The maximum atomic E-state index is 4.32. The van der Waals surface area contributed by atoms with Gasteiger partial charge in [-0.1, -0.05) is 48.0 Å². The maximum Gasteiger partial charge on any atom is 0.148 e. The van der Waals surface area contributed by atoms with Gasteiger partial charge in [0.15, 0.2) is 0 Å². The minimum absolute atomic E-state index is 0.413. The minimum atomic E-state index is 0.413. The molecule has 0 aliphatic carbocycles. The summed E-state index contributed by atoms with van der Waals surface area (Å²) < 4.78 is 2.14. The quantitative estimate of drug-likeness (QED) is 0.805. The number of hydrogen-bond donors (Lipinski definition) is 0. The first-order valence-electron chi connectivity index (χ1n) is 5.83. The van der Waals surface area contributed by atoms with E-state index in [9.17, 15) is 0 Å². The zero-order chi connectivity index (χ0) is 12.3. The predicted molar refractivity (Wildman–Crippen MR) is 72.7 cm³/mol. The number of aromatic nitrogens is 3. The second-order valence-corrected chi connectivity index (χ2v) is 4.65. The average molecular weight is 294 g/mol. The molecule has 0 aliphatic rings. The molecule has 0 radical (unpaired) electrons. The van der Waals surface area contributed by atoms with Gasteiger partial charge in [-0.2, -0.15) is 0 Å². The highest BCUT2D eigenvalue weighted by molar-refractivity contribution is 9.08. The molecule has 2 aromatic rings. The lowest BCUT2D eigenvalue weighted by molar-refractivity contribution is 0.659. The van der Waals surface area contributed by atoms with Crippen LogP contribution in [-0.4, -0.2) is 14.8 Å². The van der Waals surface area contributed by atoms with Crippen LogP contribution in [0.4, 0.5) is 0 Å². The van der Waals surface area contributed by atoms with Gasteiger partial charge in [0.25, 0.3) is 0 Å².